The summed E-state index contributed by atoms with van der Waals surface area (Å²) in [6.45, 7) is 0. The standard InChI is InChI=1S/C16H15FO/c17-15-7-5-12(6-8-15)9-16(18)10-13-3-1-2-4-14(13)11-16/h1-8,18H,9-11H2. The van der Waals surface area contributed by atoms with E-state index in [1.807, 2.05) is 12.1 Å². The maximum Gasteiger partial charge on any atom is 0.123 e. The first-order valence-corrected chi connectivity index (χ1v) is 6.18. The molecule has 0 fully saturated rings. The van der Waals surface area contributed by atoms with Crippen LogP contribution in [0.4, 0.5) is 4.39 Å². The van der Waals surface area contributed by atoms with Crippen molar-refractivity contribution < 1.29 is 9.50 Å². The van der Waals surface area contributed by atoms with Crippen LogP contribution in [0.15, 0.2) is 48.5 Å². The van der Waals surface area contributed by atoms with Crippen LogP contribution >= 0.6 is 0 Å². The fourth-order valence-electron chi connectivity index (χ4n) is 2.78. The molecule has 0 unspecified atom stereocenters. The van der Waals surface area contributed by atoms with Crippen LogP contribution in [0.25, 0.3) is 0 Å². The van der Waals surface area contributed by atoms with Gasteiger partial charge >= 0.3 is 0 Å². The fraction of sp³-hybridized carbons (Fsp3) is 0.250. The van der Waals surface area contributed by atoms with Crippen molar-refractivity contribution >= 4 is 0 Å². The summed E-state index contributed by atoms with van der Waals surface area (Å²) in [6.07, 6.45) is 1.93. The lowest BCUT2D eigenvalue weighted by atomic mass is 9.92. The summed E-state index contributed by atoms with van der Waals surface area (Å²) in [5, 5.41) is 10.6. The van der Waals surface area contributed by atoms with Gasteiger partial charge in [0.25, 0.3) is 0 Å². The van der Waals surface area contributed by atoms with Crippen LogP contribution in [0.1, 0.15) is 16.7 Å². The molecule has 2 aromatic rings. The summed E-state index contributed by atoms with van der Waals surface area (Å²) in [5.74, 6) is -0.236. The van der Waals surface area contributed by atoms with E-state index < -0.39 is 5.60 Å². The van der Waals surface area contributed by atoms with Crippen molar-refractivity contribution in [2.75, 3.05) is 0 Å². The third-order valence-corrected chi connectivity index (χ3v) is 3.60. The van der Waals surface area contributed by atoms with Crippen molar-refractivity contribution in [2.24, 2.45) is 0 Å². The van der Waals surface area contributed by atoms with Gasteiger partial charge in [-0.3, -0.25) is 0 Å². The number of benzene rings is 2. The minimum absolute atomic E-state index is 0.236. The van der Waals surface area contributed by atoms with E-state index in [4.69, 9.17) is 0 Å². The van der Waals surface area contributed by atoms with Gasteiger partial charge in [0, 0.05) is 19.3 Å². The van der Waals surface area contributed by atoms with Crippen LogP contribution in [0.2, 0.25) is 0 Å². The maximum absolute atomic E-state index is 12.8. The van der Waals surface area contributed by atoms with E-state index in [9.17, 15) is 9.50 Å². The second-order valence-corrected chi connectivity index (χ2v) is 5.15. The number of hydrogen-bond donors (Lipinski definition) is 1. The Bertz CT molecular complexity index is 535. The van der Waals surface area contributed by atoms with E-state index >= 15 is 0 Å². The van der Waals surface area contributed by atoms with Gasteiger partial charge in [-0.2, -0.15) is 0 Å². The average molecular weight is 242 g/mol. The van der Waals surface area contributed by atoms with Crippen LogP contribution in [-0.4, -0.2) is 10.7 Å². The summed E-state index contributed by atoms with van der Waals surface area (Å²) in [7, 11) is 0. The molecule has 0 amide bonds. The monoisotopic (exact) mass is 242 g/mol. The highest BCUT2D eigenvalue weighted by Crippen LogP contribution is 2.32. The van der Waals surface area contributed by atoms with Crippen LogP contribution in [0.3, 0.4) is 0 Å². The number of fused-ring (bicyclic) bond motifs is 1. The van der Waals surface area contributed by atoms with Gasteiger partial charge in [-0.05, 0) is 28.8 Å². The Balaban J connectivity index is 1.80. The topological polar surface area (TPSA) is 20.2 Å². The van der Waals surface area contributed by atoms with E-state index in [-0.39, 0.29) is 5.82 Å². The van der Waals surface area contributed by atoms with Gasteiger partial charge in [0.1, 0.15) is 5.82 Å². The van der Waals surface area contributed by atoms with Crippen molar-refractivity contribution in [1.29, 1.82) is 0 Å². The van der Waals surface area contributed by atoms with Crippen molar-refractivity contribution in [3.05, 3.63) is 71.0 Å². The Morgan fingerprint density at radius 2 is 1.50 bits per heavy atom. The van der Waals surface area contributed by atoms with E-state index in [2.05, 4.69) is 12.1 Å². The Kier molecular flexibility index (Phi) is 2.67. The van der Waals surface area contributed by atoms with Gasteiger partial charge in [0.2, 0.25) is 0 Å². The number of hydrogen-bond acceptors (Lipinski definition) is 1. The predicted octanol–water partition coefficient (Wildman–Crippen LogP) is 2.90. The molecular formula is C16H15FO. The zero-order valence-electron chi connectivity index (χ0n) is 10.1. The van der Waals surface area contributed by atoms with Gasteiger partial charge < -0.3 is 5.11 Å². The van der Waals surface area contributed by atoms with Crippen molar-refractivity contribution in [2.45, 2.75) is 24.9 Å². The molecule has 0 heterocycles. The largest absolute Gasteiger partial charge is 0.389 e. The molecule has 3 rings (SSSR count). The van der Waals surface area contributed by atoms with Crippen molar-refractivity contribution in [3.63, 3.8) is 0 Å². The minimum Gasteiger partial charge on any atom is -0.389 e. The Labute approximate surface area is 106 Å². The maximum atomic E-state index is 12.8. The Morgan fingerprint density at radius 1 is 0.944 bits per heavy atom. The van der Waals surface area contributed by atoms with Crippen LogP contribution < -0.4 is 0 Å². The Morgan fingerprint density at radius 3 is 2.06 bits per heavy atom. The number of halogens is 1. The molecule has 1 N–H and O–H groups in total. The molecule has 92 valence electrons. The molecule has 2 heteroatoms. The van der Waals surface area contributed by atoms with E-state index in [0.717, 1.165) is 5.56 Å². The molecule has 0 bridgehead atoms. The SMILES string of the molecule is OC1(Cc2ccc(F)cc2)Cc2ccccc2C1. The first kappa shape index (κ1) is 11.4. The van der Waals surface area contributed by atoms with E-state index in [1.165, 1.54) is 23.3 Å². The molecule has 1 aliphatic carbocycles. The second-order valence-electron chi connectivity index (χ2n) is 5.15. The highest BCUT2D eigenvalue weighted by Gasteiger charge is 2.34. The number of aliphatic hydroxyl groups is 1. The predicted molar refractivity (Wildman–Crippen MR) is 68.9 cm³/mol. The minimum atomic E-state index is -0.721. The fourth-order valence-corrected chi connectivity index (χ4v) is 2.78. The van der Waals surface area contributed by atoms with Gasteiger partial charge in [-0.15, -0.1) is 0 Å². The molecule has 2 aromatic carbocycles. The normalized spacial score (nSPS) is 16.6. The lowest BCUT2D eigenvalue weighted by molar-refractivity contribution is 0.0518. The lowest BCUT2D eigenvalue weighted by Gasteiger charge is -2.22. The lowest BCUT2D eigenvalue weighted by Crippen LogP contribution is -2.32. The quantitative estimate of drug-likeness (QED) is 0.858. The molecule has 1 nitrogen and oxygen atoms in total. The zero-order chi connectivity index (χ0) is 12.6. The molecule has 0 aliphatic heterocycles. The summed E-state index contributed by atoms with van der Waals surface area (Å²) in [6, 6.07) is 14.5. The summed E-state index contributed by atoms with van der Waals surface area (Å²) in [5.41, 5.74) is 2.71. The average Bonchev–Trinajstić information content (AvgIpc) is 2.68. The van der Waals surface area contributed by atoms with E-state index in [1.54, 1.807) is 12.1 Å². The first-order chi connectivity index (χ1) is 8.65. The van der Waals surface area contributed by atoms with Crippen LogP contribution in [0.5, 0.6) is 0 Å². The third kappa shape index (κ3) is 2.16. The molecular weight excluding hydrogens is 227 g/mol. The van der Waals surface area contributed by atoms with Gasteiger partial charge in [-0.1, -0.05) is 36.4 Å². The summed E-state index contributed by atoms with van der Waals surface area (Å²) < 4.78 is 12.8. The molecule has 0 atom stereocenters. The zero-order valence-corrected chi connectivity index (χ0v) is 10.1. The molecule has 18 heavy (non-hydrogen) atoms. The third-order valence-electron chi connectivity index (χ3n) is 3.60. The molecule has 0 spiro atoms. The summed E-state index contributed by atoms with van der Waals surface area (Å²) in [4.78, 5) is 0. The van der Waals surface area contributed by atoms with E-state index in [0.29, 0.717) is 19.3 Å². The van der Waals surface area contributed by atoms with Gasteiger partial charge in [0.15, 0.2) is 0 Å². The molecule has 1 aliphatic rings. The smallest absolute Gasteiger partial charge is 0.123 e. The molecule has 0 saturated carbocycles. The summed E-state index contributed by atoms with van der Waals surface area (Å²) >= 11 is 0. The van der Waals surface area contributed by atoms with Gasteiger partial charge in [0.05, 0.1) is 5.60 Å². The molecule has 0 radical (unpaired) electrons. The van der Waals surface area contributed by atoms with Crippen LogP contribution in [0, 0.1) is 5.82 Å². The second kappa shape index (κ2) is 4.21. The molecule has 0 saturated heterocycles. The number of rotatable bonds is 2. The highest BCUT2D eigenvalue weighted by atomic mass is 19.1. The van der Waals surface area contributed by atoms with Crippen molar-refractivity contribution in [1.82, 2.24) is 0 Å². The molecule has 0 aromatic heterocycles. The van der Waals surface area contributed by atoms with Crippen molar-refractivity contribution in [3.8, 4) is 0 Å². The Hall–Kier alpha value is -1.67. The highest BCUT2D eigenvalue weighted by molar-refractivity contribution is 5.36. The van der Waals surface area contributed by atoms with Gasteiger partial charge in [-0.25, -0.2) is 4.39 Å². The first-order valence-electron chi connectivity index (χ1n) is 6.18. The van der Waals surface area contributed by atoms with Crippen LogP contribution in [-0.2, 0) is 19.3 Å².